The van der Waals surface area contributed by atoms with Crippen LogP contribution in [-0.2, 0) is 23.0 Å². The molecule has 0 aliphatic rings. The average molecular weight is 307 g/mol. The van der Waals surface area contributed by atoms with E-state index in [0.717, 1.165) is 12.8 Å². The molecule has 0 saturated carbocycles. The van der Waals surface area contributed by atoms with Gasteiger partial charge in [-0.2, -0.15) is 5.10 Å². The first-order valence-corrected chi connectivity index (χ1v) is 8.59. The van der Waals surface area contributed by atoms with Crippen LogP contribution in [0.4, 0.5) is 0 Å². The number of sulfonamides is 1. The van der Waals surface area contributed by atoms with Crippen molar-refractivity contribution in [1.82, 2.24) is 14.5 Å². The molecule has 5 nitrogen and oxygen atoms in total. The van der Waals surface area contributed by atoms with Crippen LogP contribution in [0, 0.1) is 6.92 Å². The Kier molecular flexibility index (Phi) is 5.14. The highest BCUT2D eigenvalue weighted by molar-refractivity contribution is 7.89. The van der Waals surface area contributed by atoms with E-state index in [0.29, 0.717) is 18.8 Å². The molecule has 6 heteroatoms. The molecule has 0 aliphatic carbocycles. The Labute approximate surface area is 126 Å². The second-order valence-electron chi connectivity index (χ2n) is 4.92. The maximum atomic E-state index is 12.2. The molecule has 0 unspecified atom stereocenters. The molecule has 1 aromatic heterocycles. The Morgan fingerprint density at radius 1 is 1.24 bits per heavy atom. The quantitative estimate of drug-likeness (QED) is 0.797. The van der Waals surface area contributed by atoms with Gasteiger partial charge >= 0.3 is 0 Å². The van der Waals surface area contributed by atoms with E-state index in [-0.39, 0.29) is 4.90 Å². The zero-order valence-corrected chi connectivity index (χ0v) is 13.2. The second-order valence-corrected chi connectivity index (χ2v) is 6.66. The minimum atomic E-state index is -3.47. The van der Waals surface area contributed by atoms with Gasteiger partial charge in [-0.1, -0.05) is 30.3 Å². The molecule has 114 valence electrons. The van der Waals surface area contributed by atoms with Crippen LogP contribution in [0.2, 0.25) is 0 Å². The Morgan fingerprint density at radius 3 is 2.57 bits per heavy atom. The average Bonchev–Trinajstić information content (AvgIpc) is 2.87. The molecule has 0 amide bonds. The van der Waals surface area contributed by atoms with Crippen LogP contribution in [0.25, 0.3) is 0 Å². The lowest BCUT2D eigenvalue weighted by molar-refractivity contribution is 0.578. The summed E-state index contributed by atoms with van der Waals surface area (Å²) in [6.45, 7) is 4.72. The molecule has 0 bridgehead atoms. The topological polar surface area (TPSA) is 64.0 Å². The number of nitrogens with zero attached hydrogens (tertiary/aromatic N) is 2. The fourth-order valence-electron chi connectivity index (χ4n) is 2.15. The summed E-state index contributed by atoms with van der Waals surface area (Å²) in [7, 11) is -3.47. The zero-order chi connectivity index (χ0) is 15.3. The molecule has 1 heterocycles. The fraction of sp³-hybridized carbons (Fsp3) is 0.400. The smallest absolute Gasteiger partial charge is 0.243 e. The minimum Gasteiger partial charge on any atom is -0.271 e. The summed E-state index contributed by atoms with van der Waals surface area (Å²) in [5.74, 6) is 0. The van der Waals surface area contributed by atoms with Gasteiger partial charge in [0.25, 0.3) is 0 Å². The van der Waals surface area contributed by atoms with Gasteiger partial charge in [0.05, 0.1) is 5.69 Å². The minimum absolute atomic E-state index is 0.268. The third kappa shape index (κ3) is 4.15. The van der Waals surface area contributed by atoms with E-state index >= 15 is 0 Å². The third-order valence-electron chi connectivity index (χ3n) is 3.29. The standard InChI is InChI=1S/C15H21N3O2S/c1-3-18-12-15(13(2)17-18)21(19,20)16-11-7-10-14-8-5-4-6-9-14/h4-6,8-9,12,16H,3,7,10-11H2,1-2H3. The van der Waals surface area contributed by atoms with Crippen LogP contribution in [0.3, 0.4) is 0 Å². The fourth-order valence-corrected chi connectivity index (χ4v) is 3.41. The number of hydrogen-bond acceptors (Lipinski definition) is 3. The molecule has 21 heavy (non-hydrogen) atoms. The van der Waals surface area contributed by atoms with Crippen LogP contribution in [0.1, 0.15) is 24.6 Å². The number of aromatic nitrogens is 2. The van der Waals surface area contributed by atoms with E-state index in [1.54, 1.807) is 17.8 Å². The van der Waals surface area contributed by atoms with E-state index in [1.807, 2.05) is 37.3 Å². The maximum Gasteiger partial charge on any atom is 0.243 e. The number of rotatable bonds is 7. The lowest BCUT2D eigenvalue weighted by Crippen LogP contribution is -2.25. The van der Waals surface area contributed by atoms with Crippen LogP contribution in [-0.4, -0.2) is 24.7 Å². The molecule has 0 fully saturated rings. The highest BCUT2D eigenvalue weighted by Crippen LogP contribution is 2.13. The van der Waals surface area contributed by atoms with Gasteiger partial charge in [0.15, 0.2) is 0 Å². The van der Waals surface area contributed by atoms with Crippen LogP contribution in [0.5, 0.6) is 0 Å². The first-order chi connectivity index (χ1) is 10.0. The molecule has 0 atom stereocenters. The Morgan fingerprint density at radius 2 is 1.95 bits per heavy atom. The second kappa shape index (κ2) is 6.87. The molecular weight excluding hydrogens is 286 g/mol. The molecule has 1 aromatic carbocycles. The highest BCUT2D eigenvalue weighted by Gasteiger charge is 2.19. The predicted molar refractivity (Wildman–Crippen MR) is 82.6 cm³/mol. The van der Waals surface area contributed by atoms with Crippen molar-refractivity contribution in [3.63, 3.8) is 0 Å². The summed E-state index contributed by atoms with van der Waals surface area (Å²) >= 11 is 0. The van der Waals surface area contributed by atoms with Crippen molar-refractivity contribution in [2.75, 3.05) is 6.54 Å². The van der Waals surface area contributed by atoms with Gasteiger partial charge in [0.2, 0.25) is 10.0 Å². The summed E-state index contributed by atoms with van der Waals surface area (Å²) in [5, 5.41) is 4.17. The van der Waals surface area contributed by atoms with Gasteiger partial charge in [-0.15, -0.1) is 0 Å². The molecule has 0 radical (unpaired) electrons. The molecular formula is C15H21N3O2S. The van der Waals surface area contributed by atoms with E-state index in [9.17, 15) is 8.42 Å². The Hall–Kier alpha value is -1.66. The van der Waals surface area contributed by atoms with Crippen molar-refractivity contribution >= 4 is 10.0 Å². The highest BCUT2D eigenvalue weighted by atomic mass is 32.2. The Balaban J connectivity index is 1.91. The summed E-state index contributed by atoms with van der Waals surface area (Å²) in [4.78, 5) is 0.268. The van der Waals surface area contributed by atoms with Gasteiger partial charge in [0, 0.05) is 19.3 Å². The molecule has 2 aromatic rings. The molecule has 0 spiro atoms. The lowest BCUT2D eigenvalue weighted by Gasteiger charge is -2.05. The summed E-state index contributed by atoms with van der Waals surface area (Å²) in [6, 6.07) is 10.0. The largest absolute Gasteiger partial charge is 0.271 e. The van der Waals surface area contributed by atoms with Crippen molar-refractivity contribution in [1.29, 1.82) is 0 Å². The number of hydrogen-bond donors (Lipinski definition) is 1. The first-order valence-electron chi connectivity index (χ1n) is 7.10. The van der Waals surface area contributed by atoms with Gasteiger partial charge in [-0.25, -0.2) is 13.1 Å². The molecule has 0 saturated heterocycles. The Bertz CT molecular complexity index is 678. The van der Waals surface area contributed by atoms with Crippen molar-refractivity contribution in [3.05, 3.63) is 47.8 Å². The normalized spacial score (nSPS) is 11.7. The SMILES string of the molecule is CCn1cc(S(=O)(=O)NCCCc2ccccc2)c(C)n1. The van der Waals surface area contributed by atoms with Gasteiger partial charge in [-0.05, 0) is 32.3 Å². The van der Waals surface area contributed by atoms with E-state index in [2.05, 4.69) is 9.82 Å². The van der Waals surface area contributed by atoms with Crippen molar-refractivity contribution in [2.24, 2.45) is 0 Å². The summed E-state index contributed by atoms with van der Waals surface area (Å²) < 4.78 is 28.7. The van der Waals surface area contributed by atoms with Crippen LogP contribution < -0.4 is 4.72 Å². The van der Waals surface area contributed by atoms with Gasteiger partial charge in [0.1, 0.15) is 4.90 Å². The molecule has 1 N–H and O–H groups in total. The maximum absolute atomic E-state index is 12.2. The lowest BCUT2D eigenvalue weighted by atomic mass is 10.1. The van der Waals surface area contributed by atoms with E-state index in [1.165, 1.54) is 5.56 Å². The van der Waals surface area contributed by atoms with Crippen molar-refractivity contribution < 1.29 is 8.42 Å². The van der Waals surface area contributed by atoms with Crippen LogP contribution >= 0.6 is 0 Å². The predicted octanol–water partition coefficient (Wildman–Crippen LogP) is 2.12. The summed E-state index contributed by atoms with van der Waals surface area (Å²) in [6.07, 6.45) is 3.20. The van der Waals surface area contributed by atoms with E-state index < -0.39 is 10.0 Å². The van der Waals surface area contributed by atoms with Crippen molar-refractivity contribution in [2.45, 2.75) is 38.1 Å². The monoisotopic (exact) mass is 307 g/mol. The molecule has 0 aliphatic heterocycles. The van der Waals surface area contributed by atoms with Crippen LogP contribution in [0.15, 0.2) is 41.4 Å². The number of benzene rings is 1. The van der Waals surface area contributed by atoms with Gasteiger partial charge in [-0.3, -0.25) is 4.68 Å². The zero-order valence-electron chi connectivity index (χ0n) is 12.4. The summed E-state index contributed by atoms with van der Waals surface area (Å²) in [5.41, 5.74) is 1.75. The number of aryl methyl sites for hydroxylation is 3. The van der Waals surface area contributed by atoms with Gasteiger partial charge < -0.3 is 0 Å². The van der Waals surface area contributed by atoms with E-state index in [4.69, 9.17) is 0 Å². The first kappa shape index (κ1) is 15.7. The third-order valence-corrected chi connectivity index (χ3v) is 4.86. The number of nitrogens with one attached hydrogen (secondary N) is 1. The van der Waals surface area contributed by atoms with Crippen molar-refractivity contribution in [3.8, 4) is 0 Å². The molecule has 2 rings (SSSR count).